The van der Waals surface area contributed by atoms with E-state index in [1.165, 1.54) is 31.4 Å². The number of esters is 2. The first kappa shape index (κ1) is 38.1. The fraction of sp³-hybridized carbons (Fsp3) is 0.400. The molecule has 0 saturated heterocycles. The van der Waals surface area contributed by atoms with Crippen LogP contribution in [-0.2, 0) is 35.3 Å². The SMILES string of the molecule is CCCCC[C@@H](C(=O)NCNC(=O)c1ccc(-c2cc(OCC(=O)OC)cc(C(=O)OC)c2O)o1)[C@@H](CC)C(=O)NOCc1ccccc1. The zero-order chi connectivity index (χ0) is 35.8. The first-order valence-corrected chi connectivity index (χ1v) is 15.9. The van der Waals surface area contributed by atoms with Gasteiger partial charge in [0.05, 0.1) is 39.0 Å². The van der Waals surface area contributed by atoms with Crippen molar-refractivity contribution < 1.29 is 52.5 Å². The molecule has 0 unspecified atom stereocenters. The standard InChI is InChI=1S/C35H43N3O11/c1-5-7-9-14-25(24(6-2)33(42)38-48-19-22-12-10-8-11-13-22)32(41)36-21-37-34(43)29-16-15-28(49-29)26-17-23(47-20-30(39)45-3)18-27(31(26)40)35(44)46-4/h8,10-13,15-18,24-25,40H,5-7,9,14,19-21H2,1-4H3,(H,36,41)(H,37,43)(H,38,42)/t24-,25-/m1/s1. The van der Waals surface area contributed by atoms with E-state index in [0.717, 1.165) is 31.9 Å². The molecule has 14 nitrogen and oxygen atoms in total. The molecule has 0 fully saturated rings. The van der Waals surface area contributed by atoms with Crippen molar-refractivity contribution in [1.29, 1.82) is 0 Å². The van der Waals surface area contributed by atoms with Crippen LogP contribution in [0.4, 0.5) is 0 Å². The summed E-state index contributed by atoms with van der Waals surface area (Å²) in [6.07, 6.45) is 3.43. The van der Waals surface area contributed by atoms with Gasteiger partial charge in [0.15, 0.2) is 12.4 Å². The molecule has 0 radical (unpaired) electrons. The zero-order valence-corrected chi connectivity index (χ0v) is 28.0. The summed E-state index contributed by atoms with van der Waals surface area (Å²) in [6.45, 7) is 3.32. The highest BCUT2D eigenvalue weighted by molar-refractivity contribution is 5.96. The molecule has 1 heterocycles. The van der Waals surface area contributed by atoms with E-state index in [-0.39, 0.29) is 41.7 Å². The molecule has 4 N–H and O–H groups in total. The van der Waals surface area contributed by atoms with E-state index in [1.807, 2.05) is 44.2 Å². The lowest BCUT2D eigenvalue weighted by atomic mass is 9.84. The molecule has 49 heavy (non-hydrogen) atoms. The Bertz CT molecular complexity index is 1570. The average Bonchev–Trinajstić information content (AvgIpc) is 3.61. The van der Waals surface area contributed by atoms with E-state index in [0.29, 0.717) is 12.8 Å². The molecule has 264 valence electrons. The molecule has 3 amide bonds. The fourth-order valence-corrected chi connectivity index (χ4v) is 5.00. The van der Waals surface area contributed by atoms with Crippen molar-refractivity contribution in [1.82, 2.24) is 16.1 Å². The number of carbonyl (C=O) groups is 5. The molecular formula is C35H43N3O11. The van der Waals surface area contributed by atoms with Crippen molar-refractivity contribution >= 4 is 29.7 Å². The number of hydrogen-bond donors (Lipinski definition) is 4. The number of nitrogens with one attached hydrogen (secondary N) is 3. The Morgan fingerprint density at radius 2 is 1.63 bits per heavy atom. The molecule has 3 rings (SSSR count). The summed E-state index contributed by atoms with van der Waals surface area (Å²) < 4.78 is 20.3. The quantitative estimate of drug-likeness (QED) is 0.0612. The largest absolute Gasteiger partial charge is 0.506 e. The van der Waals surface area contributed by atoms with Gasteiger partial charge in [0.25, 0.3) is 5.91 Å². The third-order valence-corrected chi connectivity index (χ3v) is 7.65. The number of phenols is 1. The molecule has 1 aromatic heterocycles. The van der Waals surface area contributed by atoms with Crippen LogP contribution in [0.3, 0.4) is 0 Å². The Morgan fingerprint density at radius 1 is 0.878 bits per heavy atom. The molecule has 2 aromatic carbocycles. The number of hydrogen-bond acceptors (Lipinski definition) is 11. The monoisotopic (exact) mass is 681 g/mol. The summed E-state index contributed by atoms with van der Waals surface area (Å²) in [4.78, 5) is 68.6. The van der Waals surface area contributed by atoms with E-state index >= 15 is 0 Å². The molecule has 0 bridgehead atoms. The van der Waals surface area contributed by atoms with Crippen molar-refractivity contribution in [2.24, 2.45) is 11.8 Å². The highest BCUT2D eigenvalue weighted by Crippen LogP contribution is 2.37. The number of phenolic OH excluding ortho intramolecular Hbond substituents is 1. The summed E-state index contributed by atoms with van der Waals surface area (Å²) in [5.74, 6) is -4.99. The lowest BCUT2D eigenvalue weighted by molar-refractivity contribution is -0.145. The first-order valence-electron chi connectivity index (χ1n) is 15.9. The maximum atomic E-state index is 13.3. The van der Waals surface area contributed by atoms with Crippen molar-refractivity contribution in [2.75, 3.05) is 27.5 Å². The number of ether oxygens (including phenoxy) is 3. The Kier molecular flexibility index (Phi) is 15.1. The third kappa shape index (κ3) is 11.1. The van der Waals surface area contributed by atoms with E-state index in [2.05, 4.69) is 20.9 Å². The smallest absolute Gasteiger partial charge is 0.343 e. The number of aromatic hydroxyl groups is 1. The Morgan fingerprint density at radius 3 is 2.31 bits per heavy atom. The lowest BCUT2D eigenvalue weighted by Crippen LogP contribution is -2.45. The number of methoxy groups -OCH3 is 2. The zero-order valence-electron chi connectivity index (χ0n) is 28.0. The van der Waals surface area contributed by atoms with Crippen LogP contribution in [0.2, 0.25) is 0 Å². The van der Waals surface area contributed by atoms with Gasteiger partial charge in [0.1, 0.15) is 22.8 Å². The summed E-state index contributed by atoms with van der Waals surface area (Å²) in [5.41, 5.74) is 3.09. The summed E-state index contributed by atoms with van der Waals surface area (Å²) in [6, 6.07) is 14.6. The van der Waals surface area contributed by atoms with Gasteiger partial charge in [0, 0.05) is 5.92 Å². The summed E-state index contributed by atoms with van der Waals surface area (Å²) >= 11 is 0. The minimum atomic E-state index is -0.877. The van der Waals surface area contributed by atoms with Gasteiger partial charge in [-0.15, -0.1) is 0 Å². The number of carbonyl (C=O) groups excluding carboxylic acids is 5. The van der Waals surface area contributed by atoms with Crippen LogP contribution >= 0.6 is 0 Å². The second-order valence-corrected chi connectivity index (χ2v) is 11.0. The lowest BCUT2D eigenvalue weighted by Gasteiger charge is -2.24. The van der Waals surface area contributed by atoms with Crippen LogP contribution in [0.25, 0.3) is 11.3 Å². The Balaban J connectivity index is 1.66. The maximum absolute atomic E-state index is 13.3. The number of unbranched alkanes of at least 4 members (excludes halogenated alkanes) is 2. The molecule has 0 saturated carbocycles. The molecule has 0 spiro atoms. The second kappa shape index (κ2) is 19.5. The van der Waals surface area contributed by atoms with Crippen LogP contribution in [-0.4, -0.2) is 62.3 Å². The molecule has 3 aromatic rings. The highest BCUT2D eigenvalue weighted by atomic mass is 16.7. The number of rotatable bonds is 19. The fourth-order valence-electron chi connectivity index (χ4n) is 5.00. The molecule has 0 aliphatic rings. The van der Waals surface area contributed by atoms with Gasteiger partial charge in [-0.3, -0.25) is 19.2 Å². The topological polar surface area (TPSA) is 192 Å². The van der Waals surface area contributed by atoms with Gasteiger partial charge in [-0.2, -0.15) is 0 Å². The van der Waals surface area contributed by atoms with E-state index < -0.39 is 53.9 Å². The number of amides is 3. The molecule has 0 aliphatic heterocycles. The first-order chi connectivity index (χ1) is 23.6. The van der Waals surface area contributed by atoms with Crippen LogP contribution in [0.15, 0.2) is 59.0 Å². The minimum absolute atomic E-state index is 0.00243. The van der Waals surface area contributed by atoms with Gasteiger partial charge in [-0.05, 0) is 42.7 Å². The average molecular weight is 682 g/mol. The van der Waals surface area contributed by atoms with Crippen molar-refractivity contribution in [3.63, 3.8) is 0 Å². The predicted octanol–water partition coefficient (Wildman–Crippen LogP) is 4.26. The van der Waals surface area contributed by atoms with Crippen molar-refractivity contribution in [3.05, 3.63) is 71.5 Å². The van der Waals surface area contributed by atoms with Crippen molar-refractivity contribution in [3.8, 4) is 22.8 Å². The number of hydroxylamine groups is 1. The molecule has 0 aliphatic carbocycles. The molecular weight excluding hydrogens is 638 g/mol. The summed E-state index contributed by atoms with van der Waals surface area (Å²) in [5, 5.41) is 16.0. The van der Waals surface area contributed by atoms with Crippen LogP contribution in [0.1, 0.15) is 72.4 Å². The van der Waals surface area contributed by atoms with Gasteiger partial charge in [-0.25, -0.2) is 15.1 Å². The Hall–Kier alpha value is -5.37. The number of benzene rings is 2. The van der Waals surface area contributed by atoms with E-state index in [1.54, 1.807) is 0 Å². The summed E-state index contributed by atoms with van der Waals surface area (Å²) in [7, 11) is 2.31. The van der Waals surface area contributed by atoms with Gasteiger partial charge < -0.3 is 34.4 Å². The second-order valence-electron chi connectivity index (χ2n) is 11.0. The molecule has 14 heteroatoms. The van der Waals surface area contributed by atoms with Gasteiger partial charge in [0.2, 0.25) is 11.8 Å². The van der Waals surface area contributed by atoms with Gasteiger partial charge in [-0.1, -0.05) is 63.4 Å². The van der Waals surface area contributed by atoms with Crippen LogP contribution in [0.5, 0.6) is 11.5 Å². The third-order valence-electron chi connectivity index (χ3n) is 7.65. The predicted molar refractivity (Wildman–Crippen MR) is 176 cm³/mol. The van der Waals surface area contributed by atoms with E-state index in [4.69, 9.17) is 18.7 Å². The van der Waals surface area contributed by atoms with Gasteiger partial charge >= 0.3 is 11.9 Å². The normalized spacial score (nSPS) is 11.9. The van der Waals surface area contributed by atoms with Crippen LogP contribution < -0.4 is 20.9 Å². The maximum Gasteiger partial charge on any atom is 0.343 e. The Labute approximate surface area is 284 Å². The van der Waals surface area contributed by atoms with Crippen LogP contribution in [0, 0.1) is 11.8 Å². The van der Waals surface area contributed by atoms with Crippen molar-refractivity contribution in [2.45, 2.75) is 52.6 Å². The minimum Gasteiger partial charge on any atom is -0.506 e. The highest BCUT2D eigenvalue weighted by Gasteiger charge is 2.32. The molecule has 2 atom stereocenters. The number of furan rings is 1. The van der Waals surface area contributed by atoms with E-state index in [9.17, 15) is 29.1 Å².